The SMILES string of the molecule is CC(=O)c1sccc1C(=O)O.CCCCNCC(=O)O. The van der Waals surface area contributed by atoms with E-state index in [0.717, 1.165) is 30.7 Å². The number of Topliss-reactive ketones (excluding diaryl/α,β-unsaturated/α-hetero) is 1. The van der Waals surface area contributed by atoms with Crippen LogP contribution in [-0.2, 0) is 4.79 Å². The first-order valence-electron chi connectivity index (χ1n) is 6.14. The molecule has 3 N–H and O–H groups in total. The molecule has 0 aromatic carbocycles. The molecule has 0 bridgehead atoms. The number of ketones is 1. The van der Waals surface area contributed by atoms with Gasteiger partial charge in [0.2, 0.25) is 0 Å². The van der Waals surface area contributed by atoms with Crippen LogP contribution in [0.2, 0.25) is 0 Å². The summed E-state index contributed by atoms with van der Waals surface area (Å²) in [5.74, 6) is -2.03. The Hall–Kier alpha value is -1.73. The van der Waals surface area contributed by atoms with E-state index in [1.165, 1.54) is 13.0 Å². The highest BCUT2D eigenvalue weighted by Crippen LogP contribution is 2.16. The molecule has 7 heteroatoms. The number of aromatic carboxylic acids is 1. The van der Waals surface area contributed by atoms with Crippen molar-refractivity contribution in [3.8, 4) is 0 Å². The Morgan fingerprint density at radius 2 is 1.95 bits per heavy atom. The van der Waals surface area contributed by atoms with Crippen molar-refractivity contribution in [2.45, 2.75) is 26.7 Å². The number of carbonyl (C=O) groups is 3. The van der Waals surface area contributed by atoms with Crippen LogP contribution in [0, 0.1) is 0 Å². The maximum Gasteiger partial charge on any atom is 0.337 e. The predicted molar refractivity (Wildman–Crippen MR) is 76.7 cm³/mol. The van der Waals surface area contributed by atoms with E-state index in [0.29, 0.717) is 4.88 Å². The standard InChI is InChI=1S/C7H6O3S.C6H13NO2/c1-4(8)6-5(7(9)10)2-3-11-6;1-2-3-4-7-5-6(8)9/h2-3H,1H3,(H,9,10);7H,2-5H2,1H3,(H,8,9). The molecule has 1 rings (SSSR count). The van der Waals surface area contributed by atoms with Gasteiger partial charge in [0.25, 0.3) is 0 Å². The van der Waals surface area contributed by atoms with E-state index in [9.17, 15) is 14.4 Å². The molecule has 0 spiro atoms. The Balaban J connectivity index is 0.000000370. The van der Waals surface area contributed by atoms with Gasteiger partial charge in [0.1, 0.15) is 0 Å². The van der Waals surface area contributed by atoms with Gasteiger partial charge in [-0.25, -0.2) is 4.79 Å². The first kappa shape index (κ1) is 18.3. The fourth-order valence-electron chi connectivity index (χ4n) is 1.25. The van der Waals surface area contributed by atoms with Crippen LogP contribution in [0.15, 0.2) is 11.4 Å². The van der Waals surface area contributed by atoms with Crippen molar-refractivity contribution in [1.29, 1.82) is 0 Å². The molecule has 0 radical (unpaired) electrons. The van der Waals surface area contributed by atoms with E-state index in [1.54, 1.807) is 5.38 Å². The van der Waals surface area contributed by atoms with Gasteiger partial charge in [-0.1, -0.05) is 13.3 Å². The van der Waals surface area contributed by atoms with Gasteiger partial charge in [-0.3, -0.25) is 9.59 Å². The molecule has 0 aliphatic carbocycles. The highest BCUT2D eigenvalue weighted by Gasteiger charge is 2.13. The number of carboxylic acids is 2. The van der Waals surface area contributed by atoms with Crippen LogP contribution in [0.25, 0.3) is 0 Å². The number of carbonyl (C=O) groups excluding carboxylic acids is 1. The van der Waals surface area contributed by atoms with Gasteiger partial charge in [0, 0.05) is 0 Å². The van der Waals surface area contributed by atoms with Crippen molar-refractivity contribution in [2.75, 3.05) is 13.1 Å². The fourth-order valence-corrected chi connectivity index (χ4v) is 2.04. The molecule has 0 amide bonds. The minimum Gasteiger partial charge on any atom is -0.480 e. The van der Waals surface area contributed by atoms with E-state index in [-0.39, 0.29) is 17.9 Å². The number of rotatable bonds is 7. The van der Waals surface area contributed by atoms with Gasteiger partial charge in [-0.2, -0.15) is 0 Å². The second kappa shape index (κ2) is 10.1. The lowest BCUT2D eigenvalue weighted by Crippen LogP contribution is -2.23. The monoisotopic (exact) mass is 301 g/mol. The second-order valence-electron chi connectivity index (χ2n) is 3.95. The Labute approximate surface area is 121 Å². The van der Waals surface area contributed by atoms with Crippen LogP contribution in [0.5, 0.6) is 0 Å². The third-order valence-corrected chi connectivity index (χ3v) is 3.21. The number of hydrogen-bond donors (Lipinski definition) is 3. The molecule has 6 nitrogen and oxygen atoms in total. The van der Waals surface area contributed by atoms with Crippen molar-refractivity contribution in [3.63, 3.8) is 0 Å². The molecule has 1 aromatic rings. The minimum atomic E-state index is -1.04. The lowest BCUT2D eigenvalue weighted by Gasteiger charge is -1.96. The molecule has 20 heavy (non-hydrogen) atoms. The molecule has 0 saturated carbocycles. The van der Waals surface area contributed by atoms with Crippen molar-refractivity contribution < 1.29 is 24.6 Å². The van der Waals surface area contributed by atoms with Gasteiger partial charge < -0.3 is 15.5 Å². The Kier molecular flexibility index (Phi) is 9.23. The van der Waals surface area contributed by atoms with E-state index in [1.807, 2.05) is 0 Å². The molecule has 112 valence electrons. The summed E-state index contributed by atoms with van der Waals surface area (Å²) in [7, 11) is 0. The molecular weight excluding hydrogens is 282 g/mol. The number of nitrogens with one attached hydrogen (secondary N) is 1. The van der Waals surface area contributed by atoms with E-state index in [2.05, 4.69) is 12.2 Å². The fraction of sp³-hybridized carbons (Fsp3) is 0.462. The van der Waals surface area contributed by atoms with E-state index < -0.39 is 11.9 Å². The minimum absolute atomic E-state index is 0.0833. The quantitative estimate of drug-likeness (QED) is 0.526. The summed E-state index contributed by atoms with van der Waals surface area (Å²) in [5, 5.41) is 21.1. The van der Waals surface area contributed by atoms with Gasteiger partial charge in [0.15, 0.2) is 5.78 Å². The molecule has 0 fully saturated rings. The zero-order valence-corrected chi connectivity index (χ0v) is 12.3. The molecular formula is C13H19NO5S. The van der Waals surface area contributed by atoms with Crippen molar-refractivity contribution in [1.82, 2.24) is 5.32 Å². The third-order valence-electron chi connectivity index (χ3n) is 2.20. The van der Waals surface area contributed by atoms with Crippen molar-refractivity contribution in [3.05, 3.63) is 21.9 Å². The van der Waals surface area contributed by atoms with Gasteiger partial charge in [0.05, 0.1) is 17.0 Å². The molecule has 0 unspecified atom stereocenters. The van der Waals surface area contributed by atoms with Crippen LogP contribution in [0.1, 0.15) is 46.7 Å². The summed E-state index contributed by atoms with van der Waals surface area (Å²) < 4.78 is 0. The average Bonchev–Trinajstić information content (AvgIpc) is 2.84. The second-order valence-corrected chi connectivity index (χ2v) is 4.86. The number of thiophene rings is 1. The zero-order chi connectivity index (χ0) is 15.5. The molecule has 1 heterocycles. The lowest BCUT2D eigenvalue weighted by atomic mass is 10.2. The number of aliphatic carboxylic acids is 1. The van der Waals surface area contributed by atoms with Crippen LogP contribution < -0.4 is 5.32 Å². The first-order chi connectivity index (χ1) is 9.40. The van der Waals surface area contributed by atoms with Crippen LogP contribution in [0.4, 0.5) is 0 Å². The van der Waals surface area contributed by atoms with Crippen molar-refractivity contribution >= 4 is 29.1 Å². The van der Waals surface area contributed by atoms with E-state index >= 15 is 0 Å². The summed E-state index contributed by atoms with van der Waals surface area (Å²) in [5.41, 5.74) is 0.0995. The topological polar surface area (TPSA) is 104 Å². The summed E-state index contributed by atoms with van der Waals surface area (Å²) >= 11 is 1.16. The summed E-state index contributed by atoms with van der Waals surface area (Å²) in [6.07, 6.45) is 2.15. The maximum absolute atomic E-state index is 10.8. The summed E-state index contributed by atoms with van der Waals surface area (Å²) in [6.45, 7) is 4.32. The molecule has 0 aliphatic rings. The molecule has 0 saturated heterocycles. The number of unbranched alkanes of at least 4 members (excludes halogenated alkanes) is 1. The smallest absolute Gasteiger partial charge is 0.337 e. The molecule has 0 aliphatic heterocycles. The van der Waals surface area contributed by atoms with Gasteiger partial charge in [-0.05, 0) is 31.3 Å². The zero-order valence-electron chi connectivity index (χ0n) is 11.5. The van der Waals surface area contributed by atoms with Crippen molar-refractivity contribution in [2.24, 2.45) is 0 Å². The molecule has 1 aromatic heterocycles. The number of hydrogen-bond acceptors (Lipinski definition) is 5. The Morgan fingerprint density at radius 1 is 1.30 bits per heavy atom. The summed E-state index contributed by atoms with van der Waals surface area (Å²) in [6, 6.07) is 1.43. The van der Waals surface area contributed by atoms with Gasteiger partial charge >= 0.3 is 11.9 Å². The predicted octanol–water partition coefficient (Wildman–Crippen LogP) is 2.11. The molecule has 0 atom stereocenters. The van der Waals surface area contributed by atoms with Crippen LogP contribution >= 0.6 is 11.3 Å². The Morgan fingerprint density at radius 3 is 2.35 bits per heavy atom. The normalized spacial score (nSPS) is 9.50. The number of carboxylic acid groups (broad SMARTS) is 2. The van der Waals surface area contributed by atoms with Gasteiger partial charge in [-0.15, -0.1) is 11.3 Å². The lowest BCUT2D eigenvalue weighted by molar-refractivity contribution is -0.135. The third kappa shape index (κ3) is 7.65. The highest BCUT2D eigenvalue weighted by molar-refractivity contribution is 7.12. The summed E-state index contributed by atoms with van der Waals surface area (Å²) in [4.78, 5) is 31.4. The highest BCUT2D eigenvalue weighted by atomic mass is 32.1. The van der Waals surface area contributed by atoms with Crippen LogP contribution in [-0.4, -0.2) is 41.0 Å². The first-order valence-corrected chi connectivity index (χ1v) is 7.02. The Bertz CT molecular complexity index is 427. The average molecular weight is 301 g/mol. The van der Waals surface area contributed by atoms with Crippen LogP contribution in [0.3, 0.4) is 0 Å². The largest absolute Gasteiger partial charge is 0.480 e. The van der Waals surface area contributed by atoms with E-state index in [4.69, 9.17) is 10.2 Å². The maximum atomic E-state index is 10.8.